The molecule has 2 aromatic rings. The summed E-state index contributed by atoms with van der Waals surface area (Å²) in [6.07, 6.45) is -4.02. The highest BCUT2D eigenvalue weighted by Gasteiger charge is 2.38. The lowest BCUT2D eigenvalue weighted by Gasteiger charge is -2.25. The van der Waals surface area contributed by atoms with E-state index in [2.05, 4.69) is 10.5 Å². The summed E-state index contributed by atoms with van der Waals surface area (Å²) in [5, 5.41) is 3.99. The minimum absolute atomic E-state index is 0.0828. The lowest BCUT2D eigenvalue weighted by atomic mass is 9.88. The molecule has 0 saturated carbocycles. The first-order valence-electron chi connectivity index (χ1n) is 6.76. The number of benzene rings is 2. The molecule has 0 amide bonds. The summed E-state index contributed by atoms with van der Waals surface area (Å²) in [4.78, 5) is 11.1. The van der Waals surface area contributed by atoms with Crippen LogP contribution < -0.4 is 11.2 Å². The number of nitrogen functional groups attached to an aromatic ring is 1. The zero-order chi connectivity index (χ0) is 16.6. The second kappa shape index (κ2) is 5.42. The number of hydrogen-bond acceptors (Lipinski definition) is 4. The van der Waals surface area contributed by atoms with E-state index < -0.39 is 17.8 Å². The average molecular weight is 319 g/mol. The van der Waals surface area contributed by atoms with Crippen molar-refractivity contribution in [3.05, 3.63) is 64.7 Å². The number of anilines is 1. The predicted octanol–water partition coefficient (Wildman–Crippen LogP) is 2.88. The highest BCUT2D eigenvalue weighted by atomic mass is 19.4. The number of alkyl halides is 3. The third-order valence-corrected chi connectivity index (χ3v) is 3.61. The highest BCUT2D eigenvalue weighted by Crippen LogP contribution is 2.37. The minimum Gasteiger partial charge on any atom is -0.399 e. The predicted molar refractivity (Wildman–Crippen MR) is 79.9 cm³/mol. The lowest BCUT2D eigenvalue weighted by molar-refractivity contribution is -0.137. The Morgan fingerprint density at radius 2 is 1.83 bits per heavy atom. The number of nitrogens with two attached hydrogens (primary N) is 1. The van der Waals surface area contributed by atoms with Crippen molar-refractivity contribution in [1.29, 1.82) is 0 Å². The summed E-state index contributed by atoms with van der Waals surface area (Å²) < 4.78 is 40.1. The smallest absolute Gasteiger partial charge is 0.399 e. The SMILES string of the molecule is Nc1ccc(C2=NNC(C=O)c3cccc(C(F)(F)F)c32)cc1. The molecule has 1 heterocycles. The van der Waals surface area contributed by atoms with Crippen LogP contribution in [0.5, 0.6) is 0 Å². The van der Waals surface area contributed by atoms with Crippen molar-refractivity contribution >= 4 is 17.7 Å². The molecule has 4 nitrogen and oxygen atoms in total. The van der Waals surface area contributed by atoms with Crippen molar-refractivity contribution in [3.63, 3.8) is 0 Å². The molecule has 3 rings (SSSR count). The second-order valence-corrected chi connectivity index (χ2v) is 5.09. The van der Waals surface area contributed by atoms with E-state index in [0.717, 1.165) is 6.07 Å². The van der Waals surface area contributed by atoms with Gasteiger partial charge in [0.15, 0.2) is 0 Å². The average Bonchev–Trinajstić information content (AvgIpc) is 2.53. The largest absolute Gasteiger partial charge is 0.417 e. The fourth-order valence-electron chi connectivity index (χ4n) is 2.54. The minimum atomic E-state index is -4.55. The van der Waals surface area contributed by atoms with Crippen LogP contribution in [-0.4, -0.2) is 12.0 Å². The zero-order valence-corrected chi connectivity index (χ0v) is 11.8. The van der Waals surface area contributed by atoms with Crippen LogP contribution in [0.3, 0.4) is 0 Å². The molecule has 7 heteroatoms. The van der Waals surface area contributed by atoms with Crippen LogP contribution >= 0.6 is 0 Å². The first-order chi connectivity index (χ1) is 10.9. The molecule has 0 fully saturated rings. The molecule has 0 aromatic heterocycles. The Kier molecular flexibility index (Phi) is 3.55. The maximum atomic E-state index is 13.4. The number of hydrogen-bond donors (Lipinski definition) is 2. The van der Waals surface area contributed by atoms with Crippen LogP contribution in [-0.2, 0) is 11.0 Å². The molecule has 2 aromatic carbocycles. The number of fused-ring (bicyclic) bond motifs is 1. The molecule has 118 valence electrons. The Bertz CT molecular complexity index is 782. The first-order valence-corrected chi connectivity index (χ1v) is 6.76. The van der Waals surface area contributed by atoms with Gasteiger partial charge < -0.3 is 10.5 Å². The van der Waals surface area contributed by atoms with Gasteiger partial charge in [-0.05, 0) is 23.8 Å². The molecule has 1 aliphatic rings. The number of carbonyl (C=O) groups excluding carboxylic acids is 1. The van der Waals surface area contributed by atoms with Crippen LogP contribution in [0.2, 0.25) is 0 Å². The van der Waals surface area contributed by atoms with E-state index >= 15 is 0 Å². The molecular formula is C16H12F3N3O. The Hall–Kier alpha value is -2.83. The molecule has 0 bridgehead atoms. The number of nitrogens with one attached hydrogen (secondary N) is 1. The summed E-state index contributed by atoms with van der Waals surface area (Å²) in [6, 6.07) is 9.19. The zero-order valence-electron chi connectivity index (χ0n) is 11.8. The number of carbonyl (C=O) groups is 1. The molecule has 3 N–H and O–H groups in total. The van der Waals surface area contributed by atoms with Crippen LogP contribution in [0.4, 0.5) is 18.9 Å². The van der Waals surface area contributed by atoms with Gasteiger partial charge in [0.25, 0.3) is 0 Å². The van der Waals surface area contributed by atoms with Crippen LogP contribution in [0.25, 0.3) is 0 Å². The van der Waals surface area contributed by atoms with Gasteiger partial charge in [-0.15, -0.1) is 0 Å². The Morgan fingerprint density at radius 3 is 2.43 bits per heavy atom. The molecular weight excluding hydrogens is 307 g/mol. The van der Waals surface area contributed by atoms with Gasteiger partial charge in [-0.1, -0.05) is 24.3 Å². The van der Waals surface area contributed by atoms with Crippen molar-refractivity contribution in [2.45, 2.75) is 12.2 Å². The van der Waals surface area contributed by atoms with Gasteiger partial charge in [0.05, 0.1) is 11.3 Å². The normalized spacial score (nSPS) is 17.0. The van der Waals surface area contributed by atoms with Crippen LogP contribution in [0.15, 0.2) is 47.6 Å². The van der Waals surface area contributed by atoms with Crippen molar-refractivity contribution in [2.24, 2.45) is 5.10 Å². The van der Waals surface area contributed by atoms with Gasteiger partial charge in [0, 0.05) is 16.8 Å². The van der Waals surface area contributed by atoms with Crippen LogP contribution in [0, 0.1) is 0 Å². The van der Waals surface area contributed by atoms with Gasteiger partial charge in [-0.3, -0.25) is 5.43 Å². The number of rotatable bonds is 2. The van der Waals surface area contributed by atoms with E-state index in [9.17, 15) is 18.0 Å². The molecule has 1 atom stereocenters. The lowest BCUT2D eigenvalue weighted by Crippen LogP contribution is -2.30. The number of hydrazone groups is 1. The molecule has 0 aliphatic carbocycles. The number of halogens is 3. The third-order valence-electron chi connectivity index (χ3n) is 3.61. The van der Waals surface area contributed by atoms with Crippen molar-refractivity contribution in [1.82, 2.24) is 5.43 Å². The summed E-state index contributed by atoms with van der Waals surface area (Å²) in [5.74, 6) is 0. The number of aldehydes is 1. The van der Waals surface area contributed by atoms with Crippen molar-refractivity contribution in [2.75, 3.05) is 5.73 Å². The van der Waals surface area contributed by atoms with E-state index in [0.29, 0.717) is 17.5 Å². The molecule has 0 saturated heterocycles. The quantitative estimate of drug-likeness (QED) is 0.661. The molecule has 0 spiro atoms. The van der Waals surface area contributed by atoms with E-state index in [1.165, 1.54) is 12.1 Å². The van der Waals surface area contributed by atoms with Gasteiger partial charge in [-0.2, -0.15) is 18.3 Å². The van der Waals surface area contributed by atoms with Crippen molar-refractivity contribution < 1.29 is 18.0 Å². The monoisotopic (exact) mass is 319 g/mol. The maximum Gasteiger partial charge on any atom is 0.417 e. The van der Waals surface area contributed by atoms with Gasteiger partial charge in [0.2, 0.25) is 0 Å². The fourth-order valence-corrected chi connectivity index (χ4v) is 2.54. The van der Waals surface area contributed by atoms with E-state index in [1.54, 1.807) is 24.3 Å². The fraction of sp³-hybridized carbons (Fsp3) is 0.125. The van der Waals surface area contributed by atoms with E-state index in [4.69, 9.17) is 5.73 Å². The summed E-state index contributed by atoms with van der Waals surface area (Å²) in [5.41, 5.74) is 8.65. The van der Waals surface area contributed by atoms with Gasteiger partial charge >= 0.3 is 6.18 Å². The standard InChI is InChI=1S/C16H12F3N3O/c17-16(18,19)12-3-1-2-11-13(8-23)21-22-15(14(11)12)9-4-6-10(20)7-5-9/h1-8,13,21H,20H2. The molecule has 23 heavy (non-hydrogen) atoms. The van der Waals surface area contributed by atoms with Crippen LogP contribution in [0.1, 0.15) is 28.3 Å². The van der Waals surface area contributed by atoms with E-state index in [1.807, 2.05) is 0 Å². The first kappa shape index (κ1) is 15.1. The second-order valence-electron chi connectivity index (χ2n) is 5.09. The highest BCUT2D eigenvalue weighted by molar-refractivity contribution is 6.15. The summed E-state index contributed by atoms with van der Waals surface area (Å²) in [6.45, 7) is 0. The topological polar surface area (TPSA) is 67.5 Å². The Morgan fingerprint density at radius 1 is 1.13 bits per heavy atom. The summed E-state index contributed by atoms with van der Waals surface area (Å²) >= 11 is 0. The number of nitrogens with zero attached hydrogens (tertiary/aromatic N) is 1. The summed E-state index contributed by atoms with van der Waals surface area (Å²) in [7, 11) is 0. The molecule has 1 aliphatic heterocycles. The molecule has 1 unspecified atom stereocenters. The third kappa shape index (κ3) is 2.65. The van der Waals surface area contributed by atoms with Gasteiger partial charge in [-0.25, -0.2) is 0 Å². The Labute approximate surface area is 129 Å². The maximum absolute atomic E-state index is 13.4. The van der Waals surface area contributed by atoms with E-state index in [-0.39, 0.29) is 16.8 Å². The molecule has 0 radical (unpaired) electrons. The van der Waals surface area contributed by atoms with Gasteiger partial charge in [0.1, 0.15) is 12.3 Å². The van der Waals surface area contributed by atoms with Crippen molar-refractivity contribution in [3.8, 4) is 0 Å². The Balaban J connectivity index is 2.25.